The number of hydrogen-bond acceptors (Lipinski definition) is 2. The maximum atomic E-state index is 14.0. The summed E-state index contributed by atoms with van der Waals surface area (Å²) in [6, 6.07) is 2.63. The zero-order chi connectivity index (χ0) is 15.9. The highest BCUT2D eigenvalue weighted by Crippen LogP contribution is 2.34. The Labute approximate surface area is 122 Å². The van der Waals surface area contributed by atoms with Gasteiger partial charge in [-0.05, 0) is 25.3 Å². The molecular formula is C15H20F4N2. The standard InChI is InChI=1S/C15H20F4N2/c1-2-3-4-5-6-10-13(21-20)11-8-7-9-12(14(11)16)15(17,18)19/h2,7-9,13,21H,1,3-6,10,20H2. The summed E-state index contributed by atoms with van der Waals surface area (Å²) in [7, 11) is 0. The molecule has 0 spiro atoms. The number of halogens is 4. The van der Waals surface area contributed by atoms with Crippen LogP contribution in [0.4, 0.5) is 17.6 Å². The van der Waals surface area contributed by atoms with Gasteiger partial charge in [0.15, 0.2) is 0 Å². The second-order valence-corrected chi connectivity index (χ2v) is 4.85. The van der Waals surface area contributed by atoms with Crippen LogP contribution in [0.5, 0.6) is 0 Å². The van der Waals surface area contributed by atoms with Crippen LogP contribution in [0.25, 0.3) is 0 Å². The van der Waals surface area contributed by atoms with E-state index in [4.69, 9.17) is 5.84 Å². The monoisotopic (exact) mass is 304 g/mol. The smallest absolute Gasteiger partial charge is 0.271 e. The van der Waals surface area contributed by atoms with Gasteiger partial charge in [-0.25, -0.2) is 4.39 Å². The summed E-state index contributed by atoms with van der Waals surface area (Å²) < 4.78 is 52.1. The fraction of sp³-hybridized carbons (Fsp3) is 0.467. The van der Waals surface area contributed by atoms with Gasteiger partial charge in [-0.1, -0.05) is 31.1 Å². The first-order valence-electron chi connectivity index (χ1n) is 6.84. The maximum Gasteiger partial charge on any atom is 0.419 e. The molecule has 1 atom stereocenters. The van der Waals surface area contributed by atoms with Crippen molar-refractivity contribution in [1.29, 1.82) is 0 Å². The van der Waals surface area contributed by atoms with Gasteiger partial charge in [-0.2, -0.15) is 13.2 Å². The molecule has 2 nitrogen and oxygen atoms in total. The molecule has 1 aromatic rings. The molecule has 0 aliphatic rings. The van der Waals surface area contributed by atoms with Gasteiger partial charge in [0.2, 0.25) is 0 Å². The summed E-state index contributed by atoms with van der Waals surface area (Å²) in [5, 5.41) is 0. The van der Waals surface area contributed by atoms with Crippen LogP contribution in [-0.2, 0) is 6.18 Å². The summed E-state index contributed by atoms with van der Waals surface area (Å²) in [4.78, 5) is 0. The lowest BCUT2D eigenvalue weighted by molar-refractivity contribution is -0.140. The van der Waals surface area contributed by atoms with Gasteiger partial charge in [-0.15, -0.1) is 6.58 Å². The Morgan fingerprint density at radius 3 is 2.52 bits per heavy atom. The molecule has 0 saturated carbocycles. The van der Waals surface area contributed by atoms with Crippen molar-refractivity contribution in [3.63, 3.8) is 0 Å². The summed E-state index contributed by atoms with van der Waals surface area (Å²) in [6.07, 6.45) is 1.06. The third-order valence-corrected chi connectivity index (χ3v) is 3.31. The van der Waals surface area contributed by atoms with Crippen molar-refractivity contribution in [1.82, 2.24) is 5.43 Å². The van der Waals surface area contributed by atoms with Crippen molar-refractivity contribution >= 4 is 0 Å². The Bertz CT molecular complexity index is 457. The van der Waals surface area contributed by atoms with E-state index >= 15 is 0 Å². The van der Waals surface area contributed by atoms with Crippen molar-refractivity contribution < 1.29 is 17.6 Å². The number of nitrogens with one attached hydrogen (secondary N) is 1. The molecule has 0 aromatic heterocycles. The molecule has 0 bridgehead atoms. The van der Waals surface area contributed by atoms with Crippen LogP contribution in [0.15, 0.2) is 30.9 Å². The number of unbranched alkanes of at least 4 members (excludes halogenated alkanes) is 3. The number of benzene rings is 1. The molecule has 1 unspecified atom stereocenters. The van der Waals surface area contributed by atoms with Gasteiger partial charge < -0.3 is 0 Å². The molecule has 0 aliphatic carbocycles. The van der Waals surface area contributed by atoms with Gasteiger partial charge in [0.1, 0.15) is 5.82 Å². The highest BCUT2D eigenvalue weighted by atomic mass is 19.4. The van der Waals surface area contributed by atoms with Gasteiger partial charge >= 0.3 is 6.18 Å². The lowest BCUT2D eigenvalue weighted by Gasteiger charge is -2.19. The molecular weight excluding hydrogens is 284 g/mol. The predicted octanol–water partition coefficient (Wildman–Crippen LogP) is 4.49. The lowest BCUT2D eigenvalue weighted by atomic mass is 9.98. The Morgan fingerprint density at radius 1 is 1.24 bits per heavy atom. The minimum atomic E-state index is -4.71. The Hall–Kier alpha value is -1.40. The quantitative estimate of drug-likeness (QED) is 0.244. The molecule has 118 valence electrons. The number of allylic oxidation sites excluding steroid dienone is 1. The Morgan fingerprint density at radius 2 is 1.95 bits per heavy atom. The third-order valence-electron chi connectivity index (χ3n) is 3.31. The van der Waals surface area contributed by atoms with Gasteiger partial charge in [0.05, 0.1) is 5.56 Å². The summed E-state index contributed by atoms with van der Waals surface area (Å²) >= 11 is 0. The van der Waals surface area contributed by atoms with Crippen LogP contribution < -0.4 is 11.3 Å². The molecule has 0 fully saturated rings. The van der Waals surface area contributed by atoms with Crippen molar-refractivity contribution in [3.05, 3.63) is 47.8 Å². The fourth-order valence-corrected chi connectivity index (χ4v) is 2.18. The summed E-state index contributed by atoms with van der Waals surface area (Å²) in [5.74, 6) is 4.11. The molecule has 0 aliphatic heterocycles. The second-order valence-electron chi connectivity index (χ2n) is 4.85. The predicted molar refractivity (Wildman–Crippen MR) is 74.7 cm³/mol. The second kappa shape index (κ2) is 8.14. The van der Waals surface area contributed by atoms with E-state index in [1.165, 1.54) is 12.1 Å². The number of nitrogens with two attached hydrogens (primary N) is 1. The van der Waals surface area contributed by atoms with Gasteiger partial charge in [-0.3, -0.25) is 11.3 Å². The largest absolute Gasteiger partial charge is 0.419 e. The summed E-state index contributed by atoms with van der Waals surface area (Å²) in [6.45, 7) is 3.61. The number of hydrogen-bond donors (Lipinski definition) is 2. The van der Waals surface area contributed by atoms with Crippen LogP contribution in [0.2, 0.25) is 0 Å². The van der Waals surface area contributed by atoms with Crippen LogP contribution in [-0.4, -0.2) is 0 Å². The normalized spacial score (nSPS) is 13.2. The zero-order valence-corrected chi connectivity index (χ0v) is 11.7. The fourth-order valence-electron chi connectivity index (χ4n) is 2.18. The van der Waals surface area contributed by atoms with Gasteiger partial charge in [0, 0.05) is 11.6 Å². The van der Waals surface area contributed by atoms with E-state index in [2.05, 4.69) is 12.0 Å². The molecule has 0 radical (unpaired) electrons. The van der Waals surface area contributed by atoms with Crippen molar-refractivity contribution in [2.24, 2.45) is 5.84 Å². The minimum absolute atomic E-state index is 0.0453. The van der Waals surface area contributed by atoms with Crippen LogP contribution in [0.1, 0.15) is 49.3 Å². The Balaban J connectivity index is 2.79. The van der Waals surface area contributed by atoms with Crippen LogP contribution >= 0.6 is 0 Å². The van der Waals surface area contributed by atoms with Crippen molar-refractivity contribution in [3.8, 4) is 0 Å². The number of hydrazine groups is 1. The highest BCUT2D eigenvalue weighted by Gasteiger charge is 2.35. The van der Waals surface area contributed by atoms with E-state index in [9.17, 15) is 17.6 Å². The van der Waals surface area contributed by atoms with E-state index in [0.29, 0.717) is 6.42 Å². The number of alkyl halides is 3. The molecule has 0 saturated heterocycles. The molecule has 1 rings (SSSR count). The summed E-state index contributed by atoms with van der Waals surface area (Å²) in [5.41, 5.74) is 1.10. The van der Waals surface area contributed by atoms with Gasteiger partial charge in [0.25, 0.3) is 0 Å². The average molecular weight is 304 g/mol. The zero-order valence-electron chi connectivity index (χ0n) is 11.7. The van der Waals surface area contributed by atoms with E-state index in [-0.39, 0.29) is 5.56 Å². The van der Waals surface area contributed by atoms with Crippen molar-refractivity contribution in [2.75, 3.05) is 0 Å². The van der Waals surface area contributed by atoms with E-state index in [1.54, 1.807) is 0 Å². The highest BCUT2D eigenvalue weighted by molar-refractivity contribution is 5.30. The van der Waals surface area contributed by atoms with E-state index < -0.39 is 23.6 Å². The molecule has 6 heteroatoms. The van der Waals surface area contributed by atoms with Crippen molar-refractivity contribution in [2.45, 2.75) is 44.3 Å². The molecule has 21 heavy (non-hydrogen) atoms. The SMILES string of the molecule is C=CCCCCCC(NN)c1cccc(C(F)(F)F)c1F. The van der Waals surface area contributed by atoms with E-state index in [1.807, 2.05) is 6.08 Å². The third kappa shape index (κ3) is 5.13. The molecule has 0 amide bonds. The topological polar surface area (TPSA) is 38.0 Å². The first-order valence-corrected chi connectivity index (χ1v) is 6.84. The first kappa shape index (κ1) is 17.7. The molecule has 0 heterocycles. The number of rotatable bonds is 8. The molecule has 3 N–H and O–H groups in total. The Kier molecular flexibility index (Phi) is 6.84. The van der Waals surface area contributed by atoms with E-state index in [0.717, 1.165) is 31.7 Å². The molecule has 1 aromatic carbocycles. The average Bonchev–Trinajstić information content (AvgIpc) is 2.42. The minimum Gasteiger partial charge on any atom is -0.271 e. The lowest BCUT2D eigenvalue weighted by Crippen LogP contribution is -2.29. The van der Waals surface area contributed by atoms with Crippen LogP contribution in [0, 0.1) is 5.82 Å². The maximum absolute atomic E-state index is 14.0. The van der Waals surface area contributed by atoms with Crippen LogP contribution in [0.3, 0.4) is 0 Å². The first-order chi connectivity index (χ1) is 9.91.